The summed E-state index contributed by atoms with van der Waals surface area (Å²) < 4.78 is 29.6. The van der Waals surface area contributed by atoms with Gasteiger partial charge in [-0.15, -0.1) is 0 Å². The van der Waals surface area contributed by atoms with Crippen LogP contribution in [0.25, 0.3) is 0 Å². The molecule has 1 aliphatic rings. The molecule has 7 heteroatoms. The number of hydrogen-bond acceptors (Lipinski definition) is 3. The first kappa shape index (κ1) is 14.9. The Bertz CT molecular complexity index is 530. The van der Waals surface area contributed by atoms with E-state index in [2.05, 4.69) is 26.0 Å². The van der Waals surface area contributed by atoms with Gasteiger partial charge in [-0.1, -0.05) is 34.1 Å². The van der Waals surface area contributed by atoms with Gasteiger partial charge < -0.3 is 5.32 Å². The number of hydrogen-bond donors (Lipinski definition) is 2. The van der Waals surface area contributed by atoms with Gasteiger partial charge in [-0.05, 0) is 18.6 Å². The van der Waals surface area contributed by atoms with E-state index in [1.165, 1.54) is 4.31 Å². The monoisotopic (exact) mass is 347 g/mol. The van der Waals surface area contributed by atoms with Crippen LogP contribution in [0.4, 0.5) is 0 Å². The average Bonchev–Trinajstić information content (AvgIpc) is 2.39. The lowest BCUT2D eigenvalue weighted by Gasteiger charge is -2.28. The highest BCUT2D eigenvalue weighted by molar-refractivity contribution is 9.10. The van der Waals surface area contributed by atoms with E-state index < -0.39 is 10.2 Å². The van der Waals surface area contributed by atoms with Crippen molar-refractivity contribution in [3.05, 3.63) is 34.3 Å². The largest absolute Gasteiger partial charge is 0.314 e. The quantitative estimate of drug-likeness (QED) is 0.861. The second kappa shape index (κ2) is 6.32. The molecule has 1 heterocycles. The molecule has 0 aromatic heterocycles. The molecule has 1 unspecified atom stereocenters. The Morgan fingerprint density at radius 3 is 2.58 bits per heavy atom. The minimum Gasteiger partial charge on any atom is -0.314 e. The van der Waals surface area contributed by atoms with Gasteiger partial charge in [-0.2, -0.15) is 17.4 Å². The fourth-order valence-electron chi connectivity index (χ4n) is 2.07. The molecule has 0 aliphatic carbocycles. The van der Waals surface area contributed by atoms with Gasteiger partial charge in [0.25, 0.3) is 10.2 Å². The van der Waals surface area contributed by atoms with Crippen molar-refractivity contribution in [1.82, 2.24) is 14.3 Å². The van der Waals surface area contributed by atoms with Crippen LogP contribution in [0, 0.1) is 0 Å². The Balaban J connectivity index is 2.09. The summed E-state index contributed by atoms with van der Waals surface area (Å²) in [5.41, 5.74) is 0.932. The zero-order valence-electron chi connectivity index (χ0n) is 10.8. The molecule has 1 aromatic carbocycles. The van der Waals surface area contributed by atoms with Gasteiger partial charge in [0.05, 0.1) is 0 Å². The summed E-state index contributed by atoms with van der Waals surface area (Å²) in [5.74, 6) is 0. The number of nitrogens with zero attached hydrogens (tertiary/aromatic N) is 1. The minimum atomic E-state index is -3.42. The highest BCUT2D eigenvalue weighted by Crippen LogP contribution is 2.23. The summed E-state index contributed by atoms with van der Waals surface area (Å²) in [6.45, 7) is 4.27. The summed E-state index contributed by atoms with van der Waals surface area (Å²) in [4.78, 5) is 0. The van der Waals surface area contributed by atoms with E-state index in [1.54, 1.807) is 0 Å². The predicted molar refractivity (Wildman–Crippen MR) is 79.1 cm³/mol. The van der Waals surface area contributed by atoms with Crippen molar-refractivity contribution in [2.24, 2.45) is 0 Å². The normalized spacial score (nSPS) is 19.3. The van der Waals surface area contributed by atoms with E-state index in [4.69, 9.17) is 0 Å². The first-order valence-corrected chi connectivity index (χ1v) is 8.46. The lowest BCUT2D eigenvalue weighted by atomic mass is 10.1. The van der Waals surface area contributed by atoms with Crippen LogP contribution < -0.4 is 10.0 Å². The van der Waals surface area contributed by atoms with E-state index in [0.717, 1.165) is 10.0 Å². The number of piperazine rings is 1. The maximum absolute atomic E-state index is 12.3. The van der Waals surface area contributed by atoms with Crippen LogP contribution in [0.5, 0.6) is 0 Å². The predicted octanol–water partition coefficient (Wildman–Crippen LogP) is 1.25. The van der Waals surface area contributed by atoms with Gasteiger partial charge >= 0.3 is 0 Å². The Kier molecular flexibility index (Phi) is 4.97. The van der Waals surface area contributed by atoms with E-state index in [-0.39, 0.29) is 6.04 Å². The van der Waals surface area contributed by atoms with Gasteiger partial charge in [0, 0.05) is 36.7 Å². The van der Waals surface area contributed by atoms with Crippen LogP contribution in [0.15, 0.2) is 28.7 Å². The maximum Gasteiger partial charge on any atom is 0.280 e. The molecular formula is C12H18BrN3O2S. The van der Waals surface area contributed by atoms with Crippen molar-refractivity contribution >= 4 is 26.1 Å². The van der Waals surface area contributed by atoms with Crippen LogP contribution in [0.2, 0.25) is 0 Å². The van der Waals surface area contributed by atoms with E-state index in [0.29, 0.717) is 26.2 Å². The molecule has 1 fully saturated rings. The standard InChI is InChI=1S/C12H18BrN3O2S/c1-10(11-4-2-3-5-12(11)13)15-19(17,18)16-8-6-14-7-9-16/h2-5,10,14-15H,6-9H2,1H3. The molecule has 0 saturated carbocycles. The highest BCUT2D eigenvalue weighted by Gasteiger charge is 2.26. The van der Waals surface area contributed by atoms with E-state index >= 15 is 0 Å². The molecule has 2 N–H and O–H groups in total. The molecule has 0 spiro atoms. The fourth-order valence-corrected chi connectivity index (χ4v) is 4.09. The SMILES string of the molecule is CC(NS(=O)(=O)N1CCNCC1)c1ccccc1Br. The first-order chi connectivity index (χ1) is 9.00. The van der Waals surface area contributed by atoms with E-state index in [1.807, 2.05) is 31.2 Å². The van der Waals surface area contributed by atoms with Gasteiger partial charge in [-0.3, -0.25) is 0 Å². The topological polar surface area (TPSA) is 61.4 Å². The first-order valence-electron chi connectivity index (χ1n) is 6.23. The van der Waals surface area contributed by atoms with Crippen molar-refractivity contribution in [2.75, 3.05) is 26.2 Å². The maximum atomic E-state index is 12.3. The lowest BCUT2D eigenvalue weighted by molar-refractivity contribution is 0.352. The summed E-state index contributed by atoms with van der Waals surface area (Å²) in [7, 11) is -3.42. The van der Waals surface area contributed by atoms with Crippen LogP contribution in [0.3, 0.4) is 0 Å². The van der Waals surface area contributed by atoms with Crippen LogP contribution >= 0.6 is 15.9 Å². The molecule has 1 aromatic rings. The third kappa shape index (κ3) is 3.76. The van der Waals surface area contributed by atoms with Gasteiger partial charge in [0.15, 0.2) is 0 Å². The minimum absolute atomic E-state index is 0.268. The molecule has 2 rings (SSSR count). The molecule has 0 amide bonds. The second-order valence-corrected chi connectivity index (χ2v) is 7.07. The molecule has 19 heavy (non-hydrogen) atoms. The third-order valence-corrected chi connectivity index (χ3v) is 5.53. The van der Waals surface area contributed by atoms with Crippen LogP contribution in [-0.2, 0) is 10.2 Å². The Hall–Kier alpha value is -0.470. The Morgan fingerprint density at radius 1 is 1.32 bits per heavy atom. The highest BCUT2D eigenvalue weighted by atomic mass is 79.9. The molecule has 1 atom stereocenters. The van der Waals surface area contributed by atoms with Crippen molar-refractivity contribution in [2.45, 2.75) is 13.0 Å². The molecule has 0 bridgehead atoms. The number of nitrogens with one attached hydrogen (secondary N) is 2. The van der Waals surface area contributed by atoms with Crippen LogP contribution in [0.1, 0.15) is 18.5 Å². The molecule has 1 saturated heterocycles. The summed E-state index contributed by atoms with van der Waals surface area (Å²) >= 11 is 3.44. The van der Waals surface area contributed by atoms with Crippen molar-refractivity contribution in [1.29, 1.82) is 0 Å². The molecule has 1 aliphatic heterocycles. The molecule has 106 valence electrons. The fraction of sp³-hybridized carbons (Fsp3) is 0.500. The van der Waals surface area contributed by atoms with Gasteiger partial charge in [0.2, 0.25) is 0 Å². The molecular weight excluding hydrogens is 330 g/mol. The summed E-state index contributed by atoms with van der Waals surface area (Å²) in [5, 5.41) is 3.14. The van der Waals surface area contributed by atoms with Crippen molar-refractivity contribution < 1.29 is 8.42 Å². The molecule has 5 nitrogen and oxygen atoms in total. The van der Waals surface area contributed by atoms with E-state index in [9.17, 15) is 8.42 Å². The Morgan fingerprint density at radius 2 is 1.95 bits per heavy atom. The second-order valence-electron chi connectivity index (χ2n) is 4.52. The number of rotatable bonds is 4. The van der Waals surface area contributed by atoms with Gasteiger partial charge in [0.1, 0.15) is 0 Å². The number of halogens is 1. The smallest absolute Gasteiger partial charge is 0.280 e. The average molecular weight is 348 g/mol. The number of benzene rings is 1. The Labute approximate surface area is 122 Å². The van der Waals surface area contributed by atoms with Crippen LogP contribution in [-0.4, -0.2) is 38.9 Å². The van der Waals surface area contributed by atoms with Crippen molar-refractivity contribution in [3.63, 3.8) is 0 Å². The molecule has 0 radical (unpaired) electrons. The lowest BCUT2D eigenvalue weighted by Crippen LogP contribution is -2.50. The van der Waals surface area contributed by atoms with Crippen molar-refractivity contribution in [3.8, 4) is 0 Å². The zero-order chi connectivity index (χ0) is 13.9. The summed E-state index contributed by atoms with van der Waals surface area (Å²) in [6, 6.07) is 7.36. The van der Waals surface area contributed by atoms with Gasteiger partial charge in [-0.25, -0.2) is 0 Å². The third-order valence-electron chi connectivity index (χ3n) is 3.11. The zero-order valence-corrected chi connectivity index (χ0v) is 13.2. The summed E-state index contributed by atoms with van der Waals surface area (Å²) in [6.07, 6.45) is 0.